The number of amides is 1. The summed E-state index contributed by atoms with van der Waals surface area (Å²) in [6, 6.07) is 5.56. The molecule has 0 unspecified atom stereocenters. The zero-order valence-electron chi connectivity index (χ0n) is 17.7. The van der Waals surface area contributed by atoms with Crippen molar-refractivity contribution in [2.24, 2.45) is 0 Å². The van der Waals surface area contributed by atoms with Gasteiger partial charge in [0.2, 0.25) is 0 Å². The van der Waals surface area contributed by atoms with E-state index in [2.05, 4.69) is 4.98 Å². The second kappa shape index (κ2) is 9.02. The fraction of sp³-hybridized carbons (Fsp3) is 0.409. The molecule has 1 aromatic heterocycles. The van der Waals surface area contributed by atoms with Crippen molar-refractivity contribution in [3.8, 4) is 11.5 Å². The van der Waals surface area contributed by atoms with Gasteiger partial charge >= 0.3 is 5.97 Å². The first-order chi connectivity index (χ1) is 14.3. The number of H-pyrrole nitrogens is 1. The molecule has 1 aromatic carbocycles. The van der Waals surface area contributed by atoms with E-state index >= 15 is 0 Å². The number of hydrogen-bond donors (Lipinski definition) is 1. The number of nitrogens with zero attached hydrogens (tertiary/aromatic N) is 1. The van der Waals surface area contributed by atoms with Crippen LogP contribution in [0, 0.1) is 13.8 Å². The number of hydrogen-bond acceptors (Lipinski definition) is 6. The second-order valence-corrected chi connectivity index (χ2v) is 7.14. The van der Waals surface area contributed by atoms with Crippen LogP contribution in [-0.2, 0) is 16.1 Å². The second-order valence-electron chi connectivity index (χ2n) is 7.14. The van der Waals surface area contributed by atoms with Crippen LogP contribution in [0.15, 0.2) is 18.2 Å². The summed E-state index contributed by atoms with van der Waals surface area (Å²) < 4.78 is 16.3. The Morgan fingerprint density at radius 1 is 1.13 bits per heavy atom. The van der Waals surface area contributed by atoms with Gasteiger partial charge in [-0.3, -0.25) is 9.59 Å². The minimum absolute atomic E-state index is 0.132. The summed E-state index contributed by atoms with van der Waals surface area (Å²) in [4.78, 5) is 41.2. The molecule has 0 saturated heterocycles. The normalized spacial score (nSPS) is 12.4. The molecular formula is C22H26N2O6. The fourth-order valence-corrected chi connectivity index (χ4v) is 3.56. The molecule has 1 aliphatic heterocycles. The monoisotopic (exact) mass is 414 g/mol. The largest absolute Gasteiger partial charge is 0.486 e. The first kappa shape index (κ1) is 21.4. The number of aromatic nitrogens is 1. The van der Waals surface area contributed by atoms with E-state index in [1.54, 1.807) is 18.7 Å². The number of ketones is 1. The average Bonchev–Trinajstić information content (AvgIpc) is 3.04. The summed E-state index contributed by atoms with van der Waals surface area (Å²) in [6.07, 6.45) is 0. The fourth-order valence-electron chi connectivity index (χ4n) is 3.56. The van der Waals surface area contributed by atoms with Gasteiger partial charge in [-0.05, 0) is 51.0 Å². The molecule has 160 valence electrons. The lowest BCUT2D eigenvalue weighted by Gasteiger charge is -2.23. The number of aryl methyl sites for hydroxylation is 1. The van der Waals surface area contributed by atoms with Crippen molar-refractivity contribution in [3.63, 3.8) is 0 Å². The molecule has 1 amide bonds. The highest BCUT2D eigenvalue weighted by molar-refractivity contribution is 6.01. The molecule has 0 bridgehead atoms. The number of aromatic amines is 1. The van der Waals surface area contributed by atoms with Crippen LogP contribution in [0.4, 0.5) is 0 Å². The Morgan fingerprint density at radius 3 is 2.47 bits per heavy atom. The van der Waals surface area contributed by atoms with E-state index < -0.39 is 5.97 Å². The zero-order chi connectivity index (χ0) is 21.8. The number of benzene rings is 1. The van der Waals surface area contributed by atoms with Crippen LogP contribution in [0.1, 0.15) is 51.5 Å². The highest BCUT2D eigenvalue weighted by atomic mass is 16.6. The summed E-state index contributed by atoms with van der Waals surface area (Å²) in [5.74, 6) is 0.246. The molecule has 3 rings (SSSR count). The van der Waals surface area contributed by atoms with Gasteiger partial charge in [-0.1, -0.05) is 6.07 Å². The maximum absolute atomic E-state index is 12.6. The Bertz CT molecular complexity index is 978. The molecule has 8 nitrogen and oxygen atoms in total. The number of Topliss-reactive ketones (excluding diaryl/α,β-unsaturated/α-hetero) is 1. The molecule has 1 N–H and O–H groups in total. The van der Waals surface area contributed by atoms with Crippen molar-refractivity contribution < 1.29 is 28.6 Å². The quantitative estimate of drug-likeness (QED) is 0.553. The van der Waals surface area contributed by atoms with Gasteiger partial charge in [0.1, 0.15) is 18.9 Å². The van der Waals surface area contributed by atoms with E-state index in [-0.39, 0.29) is 24.0 Å². The molecule has 0 aliphatic carbocycles. The molecule has 0 spiro atoms. The lowest BCUT2D eigenvalue weighted by Crippen LogP contribution is -2.34. The van der Waals surface area contributed by atoms with E-state index in [0.29, 0.717) is 54.6 Å². The number of likely N-dealkylation sites (N-methyl/N-ethyl adjacent to an activating group) is 1. The van der Waals surface area contributed by atoms with Gasteiger partial charge in [-0.25, -0.2) is 4.79 Å². The maximum Gasteiger partial charge on any atom is 0.355 e. The predicted molar refractivity (Wildman–Crippen MR) is 109 cm³/mol. The Hall–Kier alpha value is -3.29. The van der Waals surface area contributed by atoms with E-state index in [1.165, 1.54) is 6.92 Å². The molecule has 0 saturated carbocycles. The topological polar surface area (TPSA) is 97.9 Å². The lowest BCUT2D eigenvalue weighted by molar-refractivity contribution is -0.135. The first-order valence-electron chi connectivity index (χ1n) is 9.85. The number of rotatable bonds is 7. The van der Waals surface area contributed by atoms with Gasteiger partial charge in [-0.2, -0.15) is 0 Å². The van der Waals surface area contributed by atoms with Crippen LogP contribution in [0.25, 0.3) is 0 Å². The van der Waals surface area contributed by atoms with Gasteiger partial charge in [0.15, 0.2) is 23.9 Å². The highest BCUT2D eigenvalue weighted by Gasteiger charge is 2.23. The van der Waals surface area contributed by atoms with Crippen LogP contribution in [0.5, 0.6) is 11.5 Å². The van der Waals surface area contributed by atoms with Crippen molar-refractivity contribution in [3.05, 3.63) is 46.3 Å². The van der Waals surface area contributed by atoms with Crippen LogP contribution in [0.3, 0.4) is 0 Å². The molecular weight excluding hydrogens is 388 g/mol. The Kier molecular flexibility index (Phi) is 6.44. The van der Waals surface area contributed by atoms with Crippen molar-refractivity contribution in [1.29, 1.82) is 0 Å². The molecule has 0 atom stereocenters. The third-order valence-electron chi connectivity index (χ3n) is 5.03. The van der Waals surface area contributed by atoms with Crippen LogP contribution >= 0.6 is 0 Å². The van der Waals surface area contributed by atoms with E-state index in [1.807, 2.05) is 25.1 Å². The average molecular weight is 414 g/mol. The highest BCUT2D eigenvalue weighted by Crippen LogP contribution is 2.31. The first-order valence-corrected chi connectivity index (χ1v) is 9.85. The minimum Gasteiger partial charge on any atom is -0.486 e. The Balaban J connectivity index is 1.62. The zero-order valence-corrected chi connectivity index (χ0v) is 17.7. The molecule has 30 heavy (non-hydrogen) atoms. The number of ether oxygens (including phenoxy) is 3. The summed E-state index contributed by atoms with van der Waals surface area (Å²) in [5.41, 5.74) is 2.69. The standard InChI is InChI=1S/C22H26N2O6/c1-5-24(11-16-6-7-17-18(10-16)29-9-8-28-17)19(26)12-30-22(27)21-13(2)20(15(4)25)14(3)23-21/h6-7,10,23H,5,8-9,11-12H2,1-4H3. The molecule has 2 heterocycles. The smallest absolute Gasteiger partial charge is 0.355 e. The van der Waals surface area contributed by atoms with Crippen molar-refractivity contribution in [2.45, 2.75) is 34.2 Å². The summed E-state index contributed by atoms with van der Waals surface area (Å²) in [7, 11) is 0. The van der Waals surface area contributed by atoms with Gasteiger partial charge in [0.25, 0.3) is 5.91 Å². The summed E-state index contributed by atoms with van der Waals surface area (Å²) in [6.45, 7) is 8.14. The Labute approximate surface area is 175 Å². The molecule has 2 aromatic rings. The minimum atomic E-state index is -0.660. The third kappa shape index (κ3) is 4.48. The summed E-state index contributed by atoms with van der Waals surface area (Å²) >= 11 is 0. The molecule has 0 radical (unpaired) electrons. The predicted octanol–water partition coefficient (Wildman–Crippen LogP) is 2.81. The van der Waals surface area contributed by atoms with Crippen molar-refractivity contribution in [1.82, 2.24) is 9.88 Å². The third-order valence-corrected chi connectivity index (χ3v) is 5.03. The lowest BCUT2D eigenvalue weighted by atomic mass is 10.1. The van der Waals surface area contributed by atoms with Gasteiger partial charge in [-0.15, -0.1) is 0 Å². The van der Waals surface area contributed by atoms with Gasteiger partial charge < -0.3 is 24.1 Å². The number of carbonyl (C=O) groups is 3. The van der Waals surface area contributed by atoms with Gasteiger partial charge in [0.05, 0.1) is 0 Å². The maximum atomic E-state index is 12.6. The molecule has 8 heteroatoms. The van der Waals surface area contributed by atoms with E-state index in [4.69, 9.17) is 14.2 Å². The van der Waals surface area contributed by atoms with Crippen molar-refractivity contribution >= 4 is 17.7 Å². The van der Waals surface area contributed by atoms with Crippen molar-refractivity contribution in [2.75, 3.05) is 26.4 Å². The van der Waals surface area contributed by atoms with Crippen LogP contribution < -0.4 is 9.47 Å². The molecule has 0 fully saturated rings. The molecule has 1 aliphatic rings. The number of carbonyl (C=O) groups excluding carboxylic acids is 3. The number of esters is 1. The van der Waals surface area contributed by atoms with Crippen LogP contribution in [0.2, 0.25) is 0 Å². The van der Waals surface area contributed by atoms with Crippen LogP contribution in [-0.4, -0.2) is 53.9 Å². The SMILES string of the molecule is CCN(Cc1ccc2c(c1)OCCO2)C(=O)COC(=O)c1[nH]c(C)c(C(C)=O)c1C. The summed E-state index contributed by atoms with van der Waals surface area (Å²) in [5, 5.41) is 0. The van der Waals surface area contributed by atoms with E-state index in [0.717, 1.165) is 5.56 Å². The number of nitrogens with one attached hydrogen (secondary N) is 1. The number of fused-ring (bicyclic) bond motifs is 1. The van der Waals surface area contributed by atoms with E-state index in [9.17, 15) is 14.4 Å². The van der Waals surface area contributed by atoms with Gasteiger partial charge in [0, 0.05) is 24.3 Å². The Morgan fingerprint density at radius 2 is 1.83 bits per heavy atom.